The van der Waals surface area contributed by atoms with Gasteiger partial charge in [-0.2, -0.15) is 15.0 Å². The molecule has 4 rings (SSSR count). The average Bonchev–Trinajstić information content (AvgIpc) is 2.87. The number of aromatic nitrogens is 3. The summed E-state index contributed by atoms with van der Waals surface area (Å²) in [6, 6.07) is -0.173. The Morgan fingerprint density at radius 3 is 1.42 bits per heavy atom. The third kappa shape index (κ3) is 7.56. The zero-order chi connectivity index (χ0) is 34.0. The van der Waals surface area contributed by atoms with Crippen molar-refractivity contribution in [1.29, 1.82) is 0 Å². The molecule has 0 amide bonds. The maximum atomic E-state index is 13.4. The number of hydrogen-bond donors (Lipinski definition) is 2. The first-order valence-corrected chi connectivity index (χ1v) is 17.4. The van der Waals surface area contributed by atoms with Crippen LogP contribution < -0.4 is 10.2 Å². The molecule has 3 saturated heterocycles. The van der Waals surface area contributed by atoms with Crippen LogP contribution in [0.25, 0.3) is 0 Å². The number of hydroxylamine groups is 6. The van der Waals surface area contributed by atoms with Crippen molar-refractivity contribution in [3.63, 3.8) is 0 Å². The van der Waals surface area contributed by atoms with Crippen molar-refractivity contribution in [3.8, 4) is 0 Å². The third-order valence-corrected chi connectivity index (χ3v) is 10.8. The highest BCUT2D eigenvalue weighted by atomic mass is 32.2. The van der Waals surface area contributed by atoms with Gasteiger partial charge in [0.05, 0.1) is 6.61 Å². The van der Waals surface area contributed by atoms with E-state index in [-0.39, 0.29) is 24.7 Å². The van der Waals surface area contributed by atoms with Crippen molar-refractivity contribution in [2.24, 2.45) is 0 Å². The van der Waals surface area contributed by atoms with Gasteiger partial charge in [-0.1, -0.05) is 11.8 Å². The number of thioether (sulfide) groups is 1. The molecule has 3 radical (unpaired) electrons. The zero-order valence-corrected chi connectivity index (χ0v) is 30.4. The predicted molar refractivity (Wildman–Crippen MR) is 175 cm³/mol. The molecule has 255 valence electrons. The minimum atomic E-state index is -0.624. The summed E-state index contributed by atoms with van der Waals surface area (Å²) in [5.74, 6) is 1.38. The summed E-state index contributed by atoms with van der Waals surface area (Å²) in [6.07, 6.45) is 3.68. The fraction of sp³-hybridized carbons (Fsp3) is 0.906. The molecule has 4 heterocycles. The smallest absolute Gasteiger partial charge is 0.231 e. The van der Waals surface area contributed by atoms with E-state index >= 15 is 0 Å². The summed E-state index contributed by atoms with van der Waals surface area (Å²) in [7, 11) is 0. The number of aliphatic hydroxyl groups is 1. The fourth-order valence-electron chi connectivity index (χ4n) is 8.71. The molecule has 1 aromatic rings. The van der Waals surface area contributed by atoms with Gasteiger partial charge in [0.15, 0.2) is 5.16 Å². The first-order valence-electron chi connectivity index (χ1n) is 16.4. The number of aliphatic hydroxyl groups excluding tert-OH is 1. The molecular weight excluding hydrogens is 592 g/mol. The lowest BCUT2D eigenvalue weighted by Gasteiger charge is -2.57. The van der Waals surface area contributed by atoms with E-state index in [2.05, 4.69) is 10.2 Å². The average molecular weight is 650 g/mol. The summed E-state index contributed by atoms with van der Waals surface area (Å²) in [5, 5.41) is 57.3. The van der Waals surface area contributed by atoms with Gasteiger partial charge >= 0.3 is 0 Å². The van der Waals surface area contributed by atoms with E-state index in [9.17, 15) is 20.7 Å². The van der Waals surface area contributed by atoms with Crippen LogP contribution in [0.3, 0.4) is 0 Å². The lowest BCUT2D eigenvalue weighted by Crippen LogP contribution is -2.67. The van der Waals surface area contributed by atoms with Crippen LogP contribution in [0.1, 0.15) is 122 Å². The molecule has 0 atom stereocenters. The number of piperidine rings is 3. The van der Waals surface area contributed by atoms with Gasteiger partial charge in [-0.05, 0) is 122 Å². The van der Waals surface area contributed by atoms with E-state index in [1.165, 1.54) is 27.0 Å². The second-order valence-electron chi connectivity index (χ2n) is 17.4. The molecule has 2 N–H and O–H groups in total. The number of nitrogens with one attached hydrogen (secondary N) is 1. The molecule has 0 spiro atoms. The molecule has 3 aliphatic heterocycles. The van der Waals surface area contributed by atoms with E-state index in [1.54, 1.807) is 0 Å². The minimum Gasteiger partial charge on any atom is -0.396 e. The molecule has 0 unspecified atom stereocenters. The van der Waals surface area contributed by atoms with Crippen molar-refractivity contribution in [2.45, 2.75) is 178 Å². The maximum absolute atomic E-state index is 13.4. The molecule has 3 fully saturated rings. The van der Waals surface area contributed by atoms with Crippen LogP contribution in [-0.2, 0) is 15.6 Å². The van der Waals surface area contributed by atoms with Crippen molar-refractivity contribution in [2.75, 3.05) is 22.6 Å². The molecular formula is C32H57N8O4S. The van der Waals surface area contributed by atoms with Crippen molar-refractivity contribution >= 4 is 23.7 Å². The lowest BCUT2D eigenvalue weighted by molar-refractivity contribution is -0.294. The highest BCUT2D eigenvalue weighted by Crippen LogP contribution is 2.46. The lowest BCUT2D eigenvalue weighted by atomic mass is 9.75. The predicted octanol–water partition coefficient (Wildman–Crippen LogP) is 5.28. The molecule has 1 aromatic heterocycles. The van der Waals surface area contributed by atoms with Crippen LogP contribution in [0.4, 0.5) is 11.9 Å². The van der Waals surface area contributed by atoms with Gasteiger partial charge in [0.25, 0.3) is 0 Å². The quantitative estimate of drug-likeness (QED) is 0.357. The summed E-state index contributed by atoms with van der Waals surface area (Å²) in [5.41, 5.74) is -3.63. The summed E-state index contributed by atoms with van der Waals surface area (Å²) < 4.78 is 0. The zero-order valence-electron chi connectivity index (χ0n) is 29.6. The van der Waals surface area contributed by atoms with Crippen molar-refractivity contribution in [3.05, 3.63) is 0 Å². The second-order valence-corrected chi connectivity index (χ2v) is 18.4. The van der Waals surface area contributed by atoms with Crippen LogP contribution in [0.2, 0.25) is 0 Å². The number of anilines is 2. The number of hydrogen-bond acceptors (Lipinski definition) is 10. The van der Waals surface area contributed by atoms with E-state index in [1.807, 2.05) is 83.1 Å². The Balaban J connectivity index is 1.82. The van der Waals surface area contributed by atoms with Gasteiger partial charge in [0, 0.05) is 57.1 Å². The van der Waals surface area contributed by atoms with Crippen molar-refractivity contribution in [1.82, 2.24) is 30.1 Å². The highest BCUT2D eigenvalue weighted by Gasteiger charge is 2.53. The molecule has 0 bridgehead atoms. The molecule has 0 aliphatic carbocycles. The normalized spacial score (nSPS) is 27.4. The van der Waals surface area contributed by atoms with Gasteiger partial charge in [-0.15, -0.1) is 30.8 Å². The molecule has 0 aromatic carbocycles. The first-order chi connectivity index (χ1) is 20.4. The summed E-state index contributed by atoms with van der Waals surface area (Å²) in [6.45, 7) is 23.8. The largest absolute Gasteiger partial charge is 0.396 e. The Hall–Kier alpha value is -1.32. The Labute approximate surface area is 274 Å². The van der Waals surface area contributed by atoms with Crippen LogP contribution in [-0.4, -0.2) is 99.0 Å². The molecule has 13 heteroatoms. The van der Waals surface area contributed by atoms with Gasteiger partial charge < -0.3 is 15.3 Å². The Bertz CT molecular complexity index is 1110. The Morgan fingerprint density at radius 1 is 0.667 bits per heavy atom. The fourth-order valence-corrected chi connectivity index (χ4v) is 9.29. The van der Waals surface area contributed by atoms with E-state index in [4.69, 9.17) is 15.0 Å². The summed E-state index contributed by atoms with van der Waals surface area (Å²) >= 11 is 1.37. The second kappa shape index (κ2) is 12.3. The Kier molecular flexibility index (Phi) is 9.97. The van der Waals surface area contributed by atoms with Crippen LogP contribution in [0.5, 0.6) is 0 Å². The topological polar surface area (TPSA) is 144 Å². The van der Waals surface area contributed by atoms with Crippen LogP contribution in [0.15, 0.2) is 5.16 Å². The molecule has 12 nitrogen and oxygen atoms in total. The standard InChI is InChI=1S/C32H57N8O4S/c1-27(2)15-21(16-28(3,4)38(27)42)33-24-34-25(36-26(35-24)45-14-13-41)37(22-17-29(5,6)39(43)30(7,8)18-22)23-19-31(9,10)40(44)32(11,12)20-23/h21-23,41H,13-20H2,1-12H3,(H,33,34,35,36). The summed E-state index contributed by atoms with van der Waals surface area (Å²) in [4.78, 5) is 17.1. The number of rotatable bonds is 8. The third-order valence-electron chi connectivity index (χ3n) is 10.0. The van der Waals surface area contributed by atoms with Crippen LogP contribution in [0, 0.1) is 0 Å². The SMILES string of the molecule is CC1(C)CC(Nc2nc(SCCO)nc(N(C3CC(C)(C)N([O])C(C)(C)C3)C3CC(C)(C)N([O])C(C)(C)C3)n2)CC(C)(C)N1[O]. The minimum absolute atomic E-state index is 0.0167. The van der Waals surface area contributed by atoms with Gasteiger partial charge in [-0.25, -0.2) is 0 Å². The Morgan fingerprint density at radius 2 is 1.04 bits per heavy atom. The van der Waals surface area contributed by atoms with Crippen molar-refractivity contribution < 1.29 is 20.7 Å². The van der Waals surface area contributed by atoms with Gasteiger partial charge in [0.2, 0.25) is 11.9 Å². The van der Waals surface area contributed by atoms with Gasteiger partial charge in [-0.3, -0.25) is 0 Å². The van der Waals surface area contributed by atoms with Crippen LogP contribution >= 0.6 is 11.8 Å². The monoisotopic (exact) mass is 649 g/mol. The molecule has 3 aliphatic rings. The van der Waals surface area contributed by atoms with E-state index in [0.29, 0.717) is 61.3 Å². The first kappa shape index (κ1) is 36.5. The number of nitrogens with zero attached hydrogens (tertiary/aromatic N) is 7. The molecule has 45 heavy (non-hydrogen) atoms. The van der Waals surface area contributed by atoms with E-state index in [0.717, 1.165) is 0 Å². The molecule has 0 saturated carbocycles. The van der Waals surface area contributed by atoms with Gasteiger partial charge in [0.1, 0.15) is 0 Å². The highest BCUT2D eigenvalue weighted by molar-refractivity contribution is 7.99. The maximum Gasteiger partial charge on any atom is 0.231 e. The van der Waals surface area contributed by atoms with E-state index < -0.39 is 33.2 Å².